The van der Waals surface area contributed by atoms with Gasteiger partial charge in [0.1, 0.15) is 11.5 Å². The molecule has 1 aliphatic rings. The number of ketones is 1. The summed E-state index contributed by atoms with van der Waals surface area (Å²) in [5, 5.41) is 11.3. The smallest absolute Gasteiger partial charge is 0.295 e. The Bertz CT molecular complexity index is 1210. The summed E-state index contributed by atoms with van der Waals surface area (Å²) in [4.78, 5) is 31.9. The van der Waals surface area contributed by atoms with Crippen molar-refractivity contribution >= 4 is 17.4 Å². The van der Waals surface area contributed by atoms with Crippen LogP contribution in [0.2, 0.25) is 0 Å². The van der Waals surface area contributed by atoms with Crippen LogP contribution in [0.5, 0.6) is 5.75 Å². The van der Waals surface area contributed by atoms with E-state index in [-0.39, 0.29) is 17.9 Å². The van der Waals surface area contributed by atoms with Crippen LogP contribution in [-0.4, -0.2) is 33.3 Å². The summed E-state index contributed by atoms with van der Waals surface area (Å²) in [5.41, 5.74) is 2.96. The summed E-state index contributed by atoms with van der Waals surface area (Å²) in [5.74, 6) is -0.794. The maximum atomic E-state index is 13.2. The van der Waals surface area contributed by atoms with Gasteiger partial charge in [-0.05, 0) is 54.3 Å². The maximum Gasteiger partial charge on any atom is 0.295 e. The van der Waals surface area contributed by atoms with Crippen molar-refractivity contribution in [3.05, 3.63) is 101 Å². The van der Waals surface area contributed by atoms with Crippen LogP contribution in [0.15, 0.2) is 78.6 Å². The highest BCUT2D eigenvalue weighted by Crippen LogP contribution is 2.40. The van der Waals surface area contributed by atoms with Crippen LogP contribution < -0.4 is 4.74 Å². The Kier molecular flexibility index (Phi) is 7.07. The monoisotopic (exact) mass is 456 g/mol. The number of benzene rings is 2. The molecule has 174 valence electrons. The molecule has 6 nitrogen and oxygen atoms in total. The van der Waals surface area contributed by atoms with Gasteiger partial charge in [0.25, 0.3) is 11.7 Å². The van der Waals surface area contributed by atoms with Crippen molar-refractivity contribution in [2.45, 2.75) is 39.3 Å². The van der Waals surface area contributed by atoms with Crippen molar-refractivity contribution in [2.24, 2.45) is 0 Å². The Morgan fingerprint density at radius 1 is 1.09 bits per heavy atom. The third-order valence-corrected chi connectivity index (χ3v) is 5.93. The van der Waals surface area contributed by atoms with Gasteiger partial charge in [0.2, 0.25) is 0 Å². The molecule has 1 N–H and O–H groups in total. The largest absolute Gasteiger partial charge is 0.507 e. The minimum Gasteiger partial charge on any atom is -0.507 e. The Morgan fingerprint density at radius 2 is 1.88 bits per heavy atom. The average Bonchev–Trinajstić information content (AvgIpc) is 3.11. The maximum absolute atomic E-state index is 13.2. The molecule has 1 aliphatic heterocycles. The fourth-order valence-corrected chi connectivity index (χ4v) is 4.15. The fourth-order valence-electron chi connectivity index (χ4n) is 4.15. The number of amides is 1. The van der Waals surface area contributed by atoms with Crippen molar-refractivity contribution in [3.63, 3.8) is 0 Å². The zero-order chi connectivity index (χ0) is 24.1. The first-order valence-electron chi connectivity index (χ1n) is 11.5. The second kappa shape index (κ2) is 10.3. The van der Waals surface area contributed by atoms with Gasteiger partial charge in [0.15, 0.2) is 0 Å². The van der Waals surface area contributed by atoms with Crippen LogP contribution in [0.25, 0.3) is 5.76 Å². The molecule has 1 fully saturated rings. The quantitative estimate of drug-likeness (QED) is 0.218. The molecule has 0 radical (unpaired) electrons. The number of nitrogens with zero attached hydrogens (tertiary/aromatic N) is 2. The van der Waals surface area contributed by atoms with E-state index in [0.29, 0.717) is 12.2 Å². The molecule has 2 heterocycles. The number of ether oxygens (including phenoxy) is 1. The minimum absolute atomic E-state index is 0.0825. The molecular formula is C28H28N2O4. The molecule has 3 aromatic rings. The van der Waals surface area contributed by atoms with E-state index in [9.17, 15) is 14.7 Å². The molecule has 1 amide bonds. The van der Waals surface area contributed by atoms with Gasteiger partial charge in [-0.25, -0.2) is 0 Å². The Morgan fingerprint density at radius 3 is 2.56 bits per heavy atom. The molecule has 0 saturated carbocycles. The minimum atomic E-state index is -0.706. The molecule has 2 aromatic carbocycles. The molecule has 1 saturated heterocycles. The summed E-state index contributed by atoms with van der Waals surface area (Å²) >= 11 is 0. The van der Waals surface area contributed by atoms with Gasteiger partial charge < -0.3 is 14.7 Å². The third kappa shape index (κ3) is 4.71. The average molecular weight is 457 g/mol. The number of carbonyl (C=O) groups is 2. The normalized spacial score (nSPS) is 17.2. The predicted molar refractivity (Wildman–Crippen MR) is 130 cm³/mol. The molecule has 6 heteroatoms. The number of aliphatic hydroxyl groups is 1. The highest BCUT2D eigenvalue weighted by molar-refractivity contribution is 6.46. The summed E-state index contributed by atoms with van der Waals surface area (Å²) in [7, 11) is 0. The number of pyridine rings is 1. The van der Waals surface area contributed by atoms with Gasteiger partial charge in [-0.2, -0.15) is 0 Å². The molecular weight excluding hydrogens is 428 g/mol. The lowest BCUT2D eigenvalue weighted by Crippen LogP contribution is -2.29. The molecule has 0 aliphatic carbocycles. The van der Waals surface area contributed by atoms with Crippen LogP contribution in [-0.2, 0) is 16.1 Å². The Balaban J connectivity index is 1.76. The second-order valence-electron chi connectivity index (χ2n) is 8.38. The molecule has 34 heavy (non-hydrogen) atoms. The molecule has 0 spiro atoms. The third-order valence-electron chi connectivity index (χ3n) is 5.93. The van der Waals surface area contributed by atoms with Crippen molar-refractivity contribution in [1.82, 2.24) is 9.88 Å². The number of aryl methyl sites for hydroxylation is 1. The van der Waals surface area contributed by atoms with Crippen LogP contribution in [0.4, 0.5) is 0 Å². The van der Waals surface area contributed by atoms with E-state index in [0.717, 1.165) is 35.3 Å². The standard InChI is InChI=1S/C28H28N2O4/c1-3-4-15-34-23-13-12-22(16-19(23)2)26(31)24-25(21-10-6-5-7-11-21)30(28(33)27(24)32)18-20-9-8-14-29-17-20/h5-14,16-17,25,31H,3-4,15,18H2,1-2H3/b26-24+. The van der Waals surface area contributed by atoms with Crippen LogP contribution >= 0.6 is 0 Å². The summed E-state index contributed by atoms with van der Waals surface area (Å²) in [6, 6.07) is 17.5. The number of likely N-dealkylation sites (tertiary alicyclic amines) is 1. The molecule has 1 atom stereocenters. The number of aliphatic hydroxyl groups excluding tert-OH is 1. The number of hydrogen-bond donors (Lipinski definition) is 1. The SMILES string of the molecule is CCCCOc1ccc(/C(O)=C2\C(=O)C(=O)N(Cc3cccnc3)C2c2ccccc2)cc1C. The van der Waals surface area contributed by atoms with E-state index in [2.05, 4.69) is 11.9 Å². The highest BCUT2D eigenvalue weighted by Gasteiger charge is 2.46. The first-order chi connectivity index (χ1) is 16.5. The van der Waals surface area contributed by atoms with Gasteiger partial charge in [-0.3, -0.25) is 14.6 Å². The van der Waals surface area contributed by atoms with Crippen molar-refractivity contribution in [3.8, 4) is 5.75 Å². The molecule has 4 rings (SSSR count). The topological polar surface area (TPSA) is 79.7 Å². The fraction of sp³-hybridized carbons (Fsp3) is 0.250. The first kappa shape index (κ1) is 23.2. The summed E-state index contributed by atoms with van der Waals surface area (Å²) in [6.07, 6.45) is 5.32. The number of Topliss-reactive ketones (excluding diaryl/α,β-unsaturated/α-hetero) is 1. The van der Waals surface area contributed by atoms with E-state index in [1.807, 2.05) is 43.3 Å². The Labute approximate surface area is 199 Å². The number of unbranched alkanes of at least 4 members (excludes halogenated alkanes) is 1. The van der Waals surface area contributed by atoms with Gasteiger partial charge in [-0.15, -0.1) is 0 Å². The van der Waals surface area contributed by atoms with Crippen LogP contribution in [0, 0.1) is 6.92 Å². The number of carbonyl (C=O) groups excluding carboxylic acids is 2. The Hall–Kier alpha value is -3.93. The van der Waals surface area contributed by atoms with E-state index < -0.39 is 17.7 Å². The van der Waals surface area contributed by atoms with Gasteiger partial charge in [-0.1, -0.05) is 49.7 Å². The zero-order valence-electron chi connectivity index (χ0n) is 19.4. The van der Waals surface area contributed by atoms with Crippen molar-refractivity contribution in [1.29, 1.82) is 0 Å². The number of hydrogen-bond acceptors (Lipinski definition) is 5. The van der Waals surface area contributed by atoms with Gasteiger partial charge in [0, 0.05) is 24.5 Å². The van der Waals surface area contributed by atoms with E-state index in [4.69, 9.17) is 4.74 Å². The predicted octanol–water partition coefficient (Wildman–Crippen LogP) is 5.19. The lowest BCUT2D eigenvalue weighted by Gasteiger charge is -2.25. The molecule has 1 unspecified atom stereocenters. The number of aromatic nitrogens is 1. The number of rotatable bonds is 8. The lowest BCUT2D eigenvalue weighted by molar-refractivity contribution is -0.140. The van der Waals surface area contributed by atoms with Crippen LogP contribution in [0.3, 0.4) is 0 Å². The zero-order valence-corrected chi connectivity index (χ0v) is 19.4. The van der Waals surface area contributed by atoms with Crippen molar-refractivity contribution in [2.75, 3.05) is 6.61 Å². The van der Waals surface area contributed by atoms with Crippen molar-refractivity contribution < 1.29 is 19.4 Å². The molecule has 1 aromatic heterocycles. The van der Waals surface area contributed by atoms with Crippen LogP contribution in [0.1, 0.15) is 48.1 Å². The summed E-state index contributed by atoms with van der Waals surface area (Å²) < 4.78 is 5.82. The van der Waals surface area contributed by atoms with E-state index >= 15 is 0 Å². The first-order valence-corrected chi connectivity index (χ1v) is 11.5. The molecule has 0 bridgehead atoms. The second-order valence-corrected chi connectivity index (χ2v) is 8.38. The van der Waals surface area contributed by atoms with Gasteiger partial charge in [0.05, 0.1) is 18.2 Å². The highest BCUT2D eigenvalue weighted by atomic mass is 16.5. The van der Waals surface area contributed by atoms with Gasteiger partial charge >= 0.3 is 0 Å². The summed E-state index contributed by atoms with van der Waals surface area (Å²) in [6.45, 7) is 4.83. The lowest BCUT2D eigenvalue weighted by atomic mass is 9.94. The van der Waals surface area contributed by atoms with E-state index in [1.165, 1.54) is 4.90 Å². The van der Waals surface area contributed by atoms with E-state index in [1.54, 1.807) is 36.7 Å².